The van der Waals surface area contributed by atoms with E-state index in [1.54, 1.807) is 0 Å². The minimum Gasteiger partial charge on any atom is -0.308 e. The monoisotopic (exact) mass is 736 g/mol. The van der Waals surface area contributed by atoms with Gasteiger partial charge in [-0.3, -0.25) is 4.57 Å². The second kappa shape index (κ2) is 11.8. The van der Waals surface area contributed by atoms with Gasteiger partial charge < -0.3 is 4.40 Å². The van der Waals surface area contributed by atoms with E-state index in [4.69, 9.17) is 9.97 Å². The summed E-state index contributed by atoms with van der Waals surface area (Å²) in [7, 11) is 0. The van der Waals surface area contributed by atoms with E-state index in [0.29, 0.717) is 0 Å². The minimum absolute atomic E-state index is 0.806. The first kappa shape index (κ1) is 31.4. The number of hydrogen-bond donors (Lipinski definition) is 0. The molecule has 0 fully saturated rings. The summed E-state index contributed by atoms with van der Waals surface area (Å²) in [6, 6.07) is 69.9. The molecule has 0 aliphatic heterocycles. The zero-order valence-electron chi connectivity index (χ0n) is 31.3. The van der Waals surface area contributed by atoms with Crippen LogP contribution in [0.4, 0.5) is 0 Å². The van der Waals surface area contributed by atoms with Gasteiger partial charge in [-0.15, -0.1) is 0 Å². The first-order chi connectivity index (χ1) is 28.8. The molecule has 4 aromatic heterocycles. The van der Waals surface area contributed by atoms with E-state index in [-0.39, 0.29) is 0 Å². The second-order valence-corrected chi connectivity index (χ2v) is 15.3. The van der Waals surface area contributed by atoms with Crippen LogP contribution in [0.25, 0.3) is 121 Å². The highest BCUT2D eigenvalue weighted by Gasteiger charge is 2.25. The predicted octanol–water partition coefficient (Wildman–Crippen LogP) is 14.0. The molecule has 0 unspecified atom stereocenters. The molecule has 0 atom stereocenters. The molecule has 4 nitrogen and oxygen atoms in total. The fourth-order valence-electron chi connectivity index (χ4n) is 9.79. The number of rotatable bonds is 4. The van der Waals surface area contributed by atoms with Crippen molar-refractivity contribution in [3.63, 3.8) is 0 Å². The number of benzene rings is 9. The summed E-state index contributed by atoms with van der Waals surface area (Å²) in [5.74, 6) is 0.806. The largest absolute Gasteiger partial charge is 0.308 e. The highest BCUT2D eigenvalue weighted by atomic mass is 15.1. The molecule has 0 saturated heterocycles. The maximum absolute atomic E-state index is 5.84. The van der Waals surface area contributed by atoms with E-state index >= 15 is 0 Å². The average Bonchev–Trinajstić information content (AvgIpc) is 3.77. The summed E-state index contributed by atoms with van der Waals surface area (Å²) in [6.07, 6.45) is 0. The molecule has 0 amide bonds. The van der Waals surface area contributed by atoms with Crippen molar-refractivity contribution < 1.29 is 0 Å². The van der Waals surface area contributed by atoms with E-state index in [9.17, 15) is 0 Å². The lowest BCUT2D eigenvalue weighted by Crippen LogP contribution is -2.05. The Hall–Kier alpha value is -7.82. The third-order valence-electron chi connectivity index (χ3n) is 12.2. The summed E-state index contributed by atoms with van der Waals surface area (Å²) in [5, 5.41) is 9.69. The average molecular weight is 737 g/mol. The first-order valence-corrected chi connectivity index (χ1v) is 19.8. The number of nitrogens with zero attached hydrogens (tertiary/aromatic N) is 4. The standard InChI is InChI=1S/C54H32N4/c1-3-15-33(16-4-1)35-20-11-21-37(31-35)48-38-22-8-7-19-36(38)32-43-52(48)56-54(51(55-43)34-17-5-2-6-18-34)58-45-28-13-24-40-42-26-12-25-41-39-23-9-10-27-44(39)57(53(41)42)46-29-14-30-47(58)50(46)49(40)45/h1-32H. The predicted molar refractivity (Wildman–Crippen MR) is 242 cm³/mol. The second-order valence-electron chi connectivity index (χ2n) is 15.3. The van der Waals surface area contributed by atoms with Crippen molar-refractivity contribution in [3.8, 4) is 39.3 Å². The van der Waals surface area contributed by atoms with Crippen molar-refractivity contribution in [2.24, 2.45) is 0 Å². The maximum atomic E-state index is 5.84. The molecule has 58 heavy (non-hydrogen) atoms. The van der Waals surface area contributed by atoms with Gasteiger partial charge >= 0.3 is 0 Å². The number of para-hydroxylation sites is 2. The van der Waals surface area contributed by atoms with Gasteiger partial charge in [0.2, 0.25) is 0 Å². The highest BCUT2D eigenvalue weighted by molar-refractivity contribution is 6.31. The molecule has 0 N–H and O–H groups in total. The molecule has 4 heterocycles. The lowest BCUT2D eigenvalue weighted by Gasteiger charge is -2.17. The first-order valence-electron chi connectivity index (χ1n) is 19.8. The molecule has 0 radical (unpaired) electrons. The normalized spacial score (nSPS) is 12.1. The van der Waals surface area contributed by atoms with Crippen molar-refractivity contribution in [1.29, 1.82) is 0 Å². The summed E-state index contributed by atoms with van der Waals surface area (Å²) in [4.78, 5) is 11.5. The molecule has 9 aromatic carbocycles. The topological polar surface area (TPSA) is 35.1 Å². The Morgan fingerprint density at radius 1 is 0.362 bits per heavy atom. The van der Waals surface area contributed by atoms with Gasteiger partial charge in [-0.2, -0.15) is 0 Å². The Morgan fingerprint density at radius 2 is 0.931 bits per heavy atom. The smallest absolute Gasteiger partial charge is 0.165 e. The molecule has 4 heteroatoms. The van der Waals surface area contributed by atoms with Gasteiger partial charge in [0.25, 0.3) is 0 Å². The van der Waals surface area contributed by atoms with Crippen molar-refractivity contribution in [1.82, 2.24) is 18.9 Å². The van der Waals surface area contributed by atoms with Gasteiger partial charge in [0.1, 0.15) is 5.69 Å². The molecular weight excluding hydrogens is 705 g/mol. The summed E-state index contributed by atoms with van der Waals surface area (Å²) >= 11 is 0. The quantitative estimate of drug-likeness (QED) is 0.169. The molecule has 13 rings (SSSR count). The van der Waals surface area contributed by atoms with Crippen LogP contribution in [0, 0.1) is 0 Å². The highest BCUT2D eigenvalue weighted by Crippen LogP contribution is 2.46. The van der Waals surface area contributed by atoms with Crippen LogP contribution < -0.4 is 0 Å². The van der Waals surface area contributed by atoms with E-state index < -0.39 is 0 Å². The van der Waals surface area contributed by atoms with E-state index in [2.05, 4.69) is 203 Å². The number of aromatic nitrogens is 4. The van der Waals surface area contributed by atoms with Gasteiger partial charge in [-0.05, 0) is 69.2 Å². The van der Waals surface area contributed by atoms with Crippen molar-refractivity contribution in [2.45, 2.75) is 0 Å². The third-order valence-corrected chi connectivity index (χ3v) is 12.2. The summed E-state index contributed by atoms with van der Waals surface area (Å²) in [5.41, 5.74) is 13.9. The molecule has 268 valence electrons. The molecule has 0 saturated carbocycles. The molecular formula is C54H32N4. The number of hydrogen-bond acceptors (Lipinski definition) is 2. The van der Waals surface area contributed by atoms with Crippen LogP contribution in [-0.2, 0) is 0 Å². The molecule has 0 spiro atoms. The van der Waals surface area contributed by atoms with Crippen LogP contribution in [-0.4, -0.2) is 18.9 Å². The lowest BCUT2D eigenvalue weighted by molar-refractivity contribution is 1.08. The van der Waals surface area contributed by atoms with Crippen molar-refractivity contribution in [3.05, 3.63) is 194 Å². The van der Waals surface area contributed by atoms with Crippen molar-refractivity contribution >= 4 is 81.7 Å². The van der Waals surface area contributed by atoms with Crippen LogP contribution >= 0.6 is 0 Å². The van der Waals surface area contributed by atoms with Gasteiger partial charge in [0.05, 0.1) is 38.6 Å². The minimum atomic E-state index is 0.806. The van der Waals surface area contributed by atoms with Crippen LogP contribution in [0.1, 0.15) is 0 Å². The molecule has 0 aliphatic carbocycles. The van der Waals surface area contributed by atoms with E-state index in [1.165, 1.54) is 54.4 Å². The van der Waals surface area contributed by atoms with Gasteiger partial charge in [-0.1, -0.05) is 158 Å². The van der Waals surface area contributed by atoms with Crippen LogP contribution in [0.3, 0.4) is 0 Å². The molecule has 13 aromatic rings. The Morgan fingerprint density at radius 3 is 1.78 bits per heavy atom. The zero-order valence-corrected chi connectivity index (χ0v) is 31.3. The van der Waals surface area contributed by atoms with Crippen molar-refractivity contribution in [2.75, 3.05) is 0 Å². The Kier molecular flexibility index (Phi) is 6.41. The maximum Gasteiger partial charge on any atom is 0.165 e. The van der Waals surface area contributed by atoms with Crippen LogP contribution in [0.5, 0.6) is 0 Å². The Balaban J connectivity index is 1.21. The fraction of sp³-hybridized carbons (Fsp3) is 0. The van der Waals surface area contributed by atoms with Gasteiger partial charge in [0.15, 0.2) is 5.82 Å². The Labute approximate surface area is 332 Å². The third kappa shape index (κ3) is 4.29. The zero-order chi connectivity index (χ0) is 37.9. The fourth-order valence-corrected chi connectivity index (χ4v) is 9.79. The summed E-state index contributed by atoms with van der Waals surface area (Å²) in [6.45, 7) is 0. The SMILES string of the molecule is c1ccc(-c2cccc(-c3c4ccccc4cc4nc(-c5ccccc5)c(-n5c6cccc7c8cccc9c%10ccccc%10n(c%10cccc5c%10c76)c89)nc34)c2)cc1. The Bertz CT molecular complexity index is 3780. The van der Waals surface area contributed by atoms with Crippen LogP contribution in [0.15, 0.2) is 194 Å². The van der Waals surface area contributed by atoms with Crippen LogP contribution in [0.2, 0.25) is 0 Å². The van der Waals surface area contributed by atoms with E-state index in [1.807, 2.05) is 0 Å². The number of fused-ring (bicyclic) bond motifs is 7. The van der Waals surface area contributed by atoms with Gasteiger partial charge in [-0.25, -0.2) is 9.97 Å². The molecule has 0 aliphatic rings. The lowest BCUT2D eigenvalue weighted by atomic mass is 9.93. The van der Waals surface area contributed by atoms with E-state index in [0.717, 1.165) is 66.6 Å². The molecule has 0 bridgehead atoms. The summed E-state index contributed by atoms with van der Waals surface area (Å²) < 4.78 is 4.86. The van der Waals surface area contributed by atoms with Gasteiger partial charge in [0, 0.05) is 38.1 Å².